The van der Waals surface area contributed by atoms with Gasteiger partial charge in [-0.1, -0.05) is 0 Å². The molecule has 17 heavy (non-hydrogen) atoms. The molecule has 1 aromatic carbocycles. The van der Waals surface area contributed by atoms with Crippen LogP contribution in [0.3, 0.4) is 0 Å². The van der Waals surface area contributed by atoms with Crippen LogP contribution in [-0.2, 0) is 0 Å². The lowest BCUT2D eigenvalue weighted by Gasteiger charge is -2.19. The number of benzene rings is 1. The topological polar surface area (TPSA) is 84.9 Å². The molecule has 0 spiro atoms. The molecule has 96 valence electrons. The van der Waals surface area contributed by atoms with Gasteiger partial charge in [-0.3, -0.25) is 0 Å². The molecule has 4 N–H and O–H groups in total. The summed E-state index contributed by atoms with van der Waals surface area (Å²) in [5.74, 6) is 1.03. The Morgan fingerprint density at radius 2 is 1.71 bits per heavy atom. The lowest BCUT2D eigenvalue weighted by atomic mass is 10.0. The van der Waals surface area contributed by atoms with Gasteiger partial charge < -0.3 is 25.4 Å². The van der Waals surface area contributed by atoms with Crippen molar-refractivity contribution in [3.63, 3.8) is 0 Å². The smallest absolute Gasteiger partial charge is 0.137 e. The fraction of sp³-hybridized carbons (Fsp3) is 0.455. The number of nitrogens with two attached hydrogens (primary N) is 1. The summed E-state index contributed by atoms with van der Waals surface area (Å²) in [4.78, 5) is 0. The Kier molecular flexibility index (Phi) is 5.20. The van der Waals surface area contributed by atoms with Gasteiger partial charge in [0, 0.05) is 6.54 Å². The molecule has 1 rings (SSSR count). The molecule has 5 nitrogen and oxygen atoms in total. The van der Waals surface area contributed by atoms with Crippen LogP contribution in [0.15, 0.2) is 16.6 Å². The van der Waals surface area contributed by atoms with E-state index in [1.807, 2.05) is 0 Å². The first kappa shape index (κ1) is 14.2. The summed E-state index contributed by atoms with van der Waals surface area (Å²) >= 11 is 3.32. The van der Waals surface area contributed by atoms with Crippen molar-refractivity contribution >= 4 is 15.9 Å². The minimum atomic E-state index is -1.07. The maximum Gasteiger partial charge on any atom is 0.137 e. The summed E-state index contributed by atoms with van der Waals surface area (Å²) in [6.07, 6.45) is -2.10. The van der Waals surface area contributed by atoms with E-state index in [1.54, 1.807) is 12.1 Å². The number of hydrogen-bond donors (Lipinski definition) is 3. The molecule has 0 amide bonds. The van der Waals surface area contributed by atoms with Crippen LogP contribution in [-0.4, -0.2) is 37.1 Å². The Morgan fingerprint density at radius 3 is 2.06 bits per heavy atom. The zero-order chi connectivity index (χ0) is 13.0. The normalized spacial score (nSPS) is 14.2. The number of aliphatic hydroxyl groups excluding tert-OH is 2. The lowest BCUT2D eigenvalue weighted by Crippen LogP contribution is -2.27. The molecule has 0 aliphatic heterocycles. The summed E-state index contributed by atoms with van der Waals surface area (Å²) in [5, 5.41) is 19.4. The highest BCUT2D eigenvalue weighted by Gasteiger charge is 2.20. The summed E-state index contributed by atoms with van der Waals surface area (Å²) in [6.45, 7) is -0.0259. The van der Waals surface area contributed by atoms with Crippen LogP contribution in [0, 0.1) is 0 Å². The van der Waals surface area contributed by atoms with Crippen molar-refractivity contribution in [1.29, 1.82) is 0 Å². The Hall–Kier alpha value is -0.820. The summed E-state index contributed by atoms with van der Waals surface area (Å²) in [7, 11) is 3.02. The number of rotatable bonds is 5. The maximum atomic E-state index is 9.86. The molecule has 0 radical (unpaired) electrons. The molecule has 2 atom stereocenters. The first-order valence-corrected chi connectivity index (χ1v) is 5.82. The molecule has 6 heteroatoms. The van der Waals surface area contributed by atoms with E-state index >= 15 is 0 Å². The molecule has 2 unspecified atom stereocenters. The predicted octanol–water partition coefficient (Wildman–Crippen LogP) is 0.819. The minimum absolute atomic E-state index is 0.0259. The standard InChI is InChI=1S/C11H16BrNO4/c1-16-8-3-6(11(15)7(14)5-13)4-9(17-2)10(8)12/h3-4,7,11,14-15H,5,13H2,1-2H3. The van der Waals surface area contributed by atoms with Crippen LogP contribution >= 0.6 is 15.9 Å². The van der Waals surface area contributed by atoms with Gasteiger partial charge in [0.2, 0.25) is 0 Å². The first-order valence-electron chi connectivity index (χ1n) is 5.02. The predicted molar refractivity (Wildman–Crippen MR) is 67.3 cm³/mol. The molecule has 0 bridgehead atoms. The van der Waals surface area contributed by atoms with Gasteiger partial charge >= 0.3 is 0 Å². The van der Waals surface area contributed by atoms with Crippen molar-refractivity contribution in [2.75, 3.05) is 20.8 Å². The van der Waals surface area contributed by atoms with Crippen molar-refractivity contribution in [3.05, 3.63) is 22.2 Å². The van der Waals surface area contributed by atoms with Crippen LogP contribution in [0.2, 0.25) is 0 Å². The van der Waals surface area contributed by atoms with Gasteiger partial charge in [-0.25, -0.2) is 0 Å². The molecule has 0 aromatic heterocycles. The molecule has 0 saturated carbocycles. The van der Waals surface area contributed by atoms with Crippen molar-refractivity contribution in [2.45, 2.75) is 12.2 Å². The number of aliphatic hydroxyl groups is 2. The molecular weight excluding hydrogens is 290 g/mol. The van der Waals surface area contributed by atoms with Gasteiger partial charge in [-0.05, 0) is 33.6 Å². The Bertz CT molecular complexity index is 361. The summed E-state index contributed by atoms with van der Waals surface area (Å²) in [5.41, 5.74) is 5.79. The van der Waals surface area contributed by atoms with Crippen molar-refractivity contribution in [1.82, 2.24) is 0 Å². The molecule has 0 aliphatic rings. The highest BCUT2D eigenvalue weighted by molar-refractivity contribution is 9.10. The van der Waals surface area contributed by atoms with E-state index in [-0.39, 0.29) is 6.54 Å². The number of methoxy groups -OCH3 is 2. The second-order valence-electron chi connectivity index (χ2n) is 3.49. The van der Waals surface area contributed by atoms with E-state index in [2.05, 4.69) is 15.9 Å². The molecule has 0 fully saturated rings. The third-order valence-corrected chi connectivity index (χ3v) is 3.20. The minimum Gasteiger partial charge on any atom is -0.495 e. The van der Waals surface area contributed by atoms with Crippen LogP contribution in [0.4, 0.5) is 0 Å². The van der Waals surface area contributed by atoms with E-state index in [4.69, 9.17) is 15.2 Å². The number of ether oxygens (including phenoxy) is 2. The largest absolute Gasteiger partial charge is 0.495 e. The van der Waals surface area contributed by atoms with Crippen LogP contribution in [0.25, 0.3) is 0 Å². The monoisotopic (exact) mass is 305 g/mol. The lowest BCUT2D eigenvalue weighted by molar-refractivity contribution is 0.0241. The Balaban J connectivity index is 3.17. The van der Waals surface area contributed by atoms with Gasteiger partial charge in [0.1, 0.15) is 22.1 Å². The second-order valence-corrected chi connectivity index (χ2v) is 4.28. The molecule has 1 aromatic rings. The zero-order valence-electron chi connectivity index (χ0n) is 9.68. The third-order valence-electron chi connectivity index (χ3n) is 2.42. The van der Waals surface area contributed by atoms with Crippen molar-refractivity contribution < 1.29 is 19.7 Å². The quantitative estimate of drug-likeness (QED) is 0.750. The van der Waals surface area contributed by atoms with Crippen LogP contribution in [0.5, 0.6) is 11.5 Å². The maximum absolute atomic E-state index is 9.86. The fourth-order valence-corrected chi connectivity index (χ4v) is 1.96. The van der Waals surface area contributed by atoms with Gasteiger partial charge in [-0.15, -0.1) is 0 Å². The molecule has 0 heterocycles. The Labute approximate surface area is 108 Å². The Morgan fingerprint density at radius 1 is 1.24 bits per heavy atom. The first-order chi connectivity index (χ1) is 8.04. The van der Waals surface area contributed by atoms with E-state index in [9.17, 15) is 10.2 Å². The van der Waals surface area contributed by atoms with Gasteiger partial charge in [0.25, 0.3) is 0 Å². The molecule has 0 aliphatic carbocycles. The average molecular weight is 306 g/mol. The number of halogens is 1. The van der Waals surface area contributed by atoms with Crippen LogP contribution in [0.1, 0.15) is 11.7 Å². The second kappa shape index (κ2) is 6.20. The zero-order valence-corrected chi connectivity index (χ0v) is 11.3. The van der Waals surface area contributed by atoms with Crippen LogP contribution < -0.4 is 15.2 Å². The van der Waals surface area contributed by atoms with Crippen molar-refractivity contribution in [2.24, 2.45) is 5.73 Å². The fourth-order valence-electron chi connectivity index (χ4n) is 1.41. The average Bonchev–Trinajstić information content (AvgIpc) is 2.37. The molecular formula is C11H16BrNO4. The van der Waals surface area contributed by atoms with Gasteiger partial charge in [0.05, 0.1) is 20.3 Å². The van der Waals surface area contributed by atoms with Crippen molar-refractivity contribution in [3.8, 4) is 11.5 Å². The summed E-state index contributed by atoms with van der Waals surface area (Å²) < 4.78 is 10.9. The van der Waals surface area contributed by atoms with E-state index in [0.29, 0.717) is 21.5 Å². The highest BCUT2D eigenvalue weighted by atomic mass is 79.9. The SMILES string of the molecule is COc1cc(C(O)C(O)CN)cc(OC)c1Br. The summed E-state index contributed by atoms with van der Waals surface area (Å²) in [6, 6.07) is 3.24. The third kappa shape index (κ3) is 3.10. The van der Waals surface area contributed by atoms with E-state index in [1.165, 1.54) is 14.2 Å². The van der Waals surface area contributed by atoms with Gasteiger partial charge in [-0.2, -0.15) is 0 Å². The number of hydrogen-bond acceptors (Lipinski definition) is 5. The van der Waals surface area contributed by atoms with E-state index < -0.39 is 12.2 Å². The van der Waals surface area contributed by atoms with E-state index in [0.717, 1.165) is 0 Å². The van der Waals surface area contributed by atoms with Gasteiger partial charge in [0.15, 0.2) is 0 Å². The highest BCUT2D eigenvalue weighted by Crippen LogP contribution is 2.37. The molecule has 0 saturated heterocycles.